The fourth-order valence-electron chi connectivity index (χ4n) is 2.96. The van der Waals surface area contributed by atoms with Gasteiger partial charge in [0.15, 0.2) is 5.15 Å². The molecule has 0 spiro atoms. The lowest BCUT2D eigenvalue weighted by atomic mass is 9.97. The third-order valence-corrected chi connectivity index (χ3v) is 4.63. The maximum atomic E-state index is 11.7. The van der Waals surface area contributed by atoms with E-state index in [9.17, 15) is 14.9 Å². The summed E-state index contributed by atoms with van der Waals surface area (Å²) in [6.45, 7) is 0.898. The Morgan fingerprint density at radius 1 is 1.37 bits per heavy atom. The van der Waals surface area contributed by atoms with Crippen molar-refractivity contribution in [1.82, 2.24) is 15.0 Å². The molecule has 2 aromatic heterocycles. The summed E-state index contributed by atoms with van der Waals surface area (Å²) in [6.07, 6.45) is 3.83. The molecule has 0 amide bonds. The average Bonchev–Trinajstić information content (AvgIpc) is 2.69. The molecule has 0 unspecified atom stereocenters. The number of nitrogens with one attached hydrogen (secondary N) is 1. The second-order valence-electron chi connectivity index (χ2n) is 5.90. The van der Waals surface area contributed by atoms with Gasteiger partial charge in [0.25, 0.3) is 0 Å². The van der Waals surface area contributed by atoms with Gasteiger partial charge in [-0.25, -0.2) is 15.0 Å². The Balaban J connectivity index is 1.88. The van der Waals surface area contributed by atoms with E-state index < -0.39 is 4.92 Å². The van der Waals surface area contributed by atoms with E-state index in [0.29, 0.717) is 31.6 Å². The summed E-state index contributed by atoms with van der Waals surface area (Å²) in [7, 11) is 1.35. The van der Waals surface area contributed by atoms with E-state index in [4.69, 9.17) is 16.3 Å². The van der Waals surface area contributed by atoms with Gasteiger partial charge in [0.1, 0.15) is 6.33 Å². The highest BCUT2D eigenvalue weighted by atomic mass is 35.5. The first-order chi connectivity index (χ1) is 13.0. The summed E-state index contributed by atoms with van der Waals surface area (Å²) in [6, 6.07) is 3.29. The number of nitro groups is 1. The van der Waals surface area contributed by atoms with Crippen molar-refractivity contribution in [2.24, 2.45) is 5.92 Å². The number of carbonyl (C=O) groups excluding carboxylic acids is 1. The van der Waals surface area contributed by atoms with Crippen molar-refractivity contribution < 1.29 is 14.5 Å². The van der Waals surface area contributed by atoms with Gasteiger partial charge < -0.3 is 15.0 Å². The Kier molecular flexibility index (Phi) is 5.65. The van der Waals surface area contributed by atoms with Crippen molar-refractivity contribution in [3.63, 3.8) is 0 Å². The number of methoxy groups -OCH3 is 1. The van der Waals surface area contributed by atoms with E-state index >= 15 is 0 Å². The molecule has 10 nitrogen and oxygen atoms in total. The molecule has 1 aliphatic rings. The Hall–Kier alpha value is -3.01. The summed E-state index contributed by atoms with van der Waals surface area (Å²) in [4.78, 5) is 36.7. The van der Waals surface area contributed by atoms with E-state index in [1.54, 1.807) is 17.0 Å². The fraction of sp³-hybridized carbons (Fsp3) is 0.375. The summed E-state index contributed by atoms with van der Waals surface area (Å²) in [5, 5.41) is 14.7. The molecule has 0 atom stereocenters. The second-order valence-corrected chi connectivity index (χ2v) is 6.26. The van der Waals surface area contributed by atoms with E-state index in [-0.39, 0.29) is 34.4 Å². The van der Waals surface area contributed by atoms with E-state index in [1.165, 1.54) is 19.6 Å². The first kappa shape index (κ1) is 18.8. The number of halogens is 1. The van der Waals surface area contributed by atoms with Crippen LogP contribution in [0.2, 0.25) is 5.15 Å². The van der Waals surface area contributed by atoms with Gasteiger partial charge in [0.05, 0.1) is 23.6 Å². The topological polar surface area (TPSA) is 123 Å². The molecule has 27 heavy (non-hydrogen) atoms. The third kappa shape index (κ3) is 4.05. The number of rotatable bonds is 5. The van der Waals surface area contributed by atoms with Crippen LogP contribution in [0.15, 0.2) is 24.7 Å². The quantitative estimate of drug-likeness (QED) is 0.353. The first-order valence-electron chi connectivity index (χ1n) is 8.21. The Morgan fingerprint density at radius 3 is 2.74 bits per heavy atom. The summed E-state index contributed by atoms with van der Waals surface area (Å²) >= 11 is 6.01. The number of hydrogen-bond donors (Lipinski definition) is 1. The van der Waals surface area contributed by atoms with Crippen molar-refractivity contribution in [1.29, 1.82) is 0 Å². The molecule has 0 radical (unpaired) electrons. The molecule has 0 bridgehead atoms. The van der Waals surface area contributed by atoms with Gasteiger partial charge in [-0.05, 0) is 25.0 Å². The van der Waals surface area contributed by atoms with Crippen molar-refractivity contribution in [2.75, 3.05) is 30.4 Å². The van der Waals surface area contributed by atoms with Crippen LogP contribution in [-0.4, -0.2) is 46.0 Å². The number of ether oxygens (including phenoxy) is 1. The van der Waals surface area contributed by atoms with Crippen LogP contribution in [0, 0.1) is 16.0 Å². The van der Waals surface area contributed by atoms with Crippen molar-refractivity contribution in [2.45, 2.75) is 12.8 Å². The Bertz CT molecular complexity index is 857. The van der Waals surface area contributed by atoms with Gasteiger partial charge in [0.2, 0.25) is 11.6 Å². The number of nitrogens with zero attached hydrogens (tertiary/aromatic N) is 5. The lowest BCUT2D eigenvalue weighted by Gasteiger charge is -2.31. The molecular formula is C16H17ClN6O4. The van der Waals surface area contributed by atoms with E-state index in [2.05, 4.69) is 20.3 Å². The minimum absolute atomic E-state index is 0.0231. The maximum absolute atomic E-state index is 11.7. The number of esters is 1. The standard InChI is InChI=1S/C16H17ClN6O4/c1-27-16(24)10-4-7-22(8-5-10)15-12(23(25)26)14(19-9-20-15)21-11-3-2-6-18-13(11)17/h2-3,6,9-10H,4-5,7-8H2,1H3,(H,19,20,21). The molecule has 2 aromatic rings. The van der Waals surface area contributed by atoms with Crippen LogP contribution in [0.25, 0.3) is 0 Å². The van der Waals surface area contributed by atoms with Crippen LogP contribution in [-0.2, 0) is 9.53 Å². The molecule has 142 valence electrons. The number of piperidine rings is 1. The smallest absolute Gasteiger partial charge is 0.353 e. The van der Waals surface area contributed by atoms with Crippen LogP contribution in [0.5, 0.6) is 0 Å². The summed E-state index contributed by atoms with van der Waals surface area (Å²) in [5.74, 6) is -0.254. The van der Waals surface area contributed by atoms with Crippen molar-refractivity contribution >= 4 is 40.6 Å². The molecule has 1 saturated heterocycles. The van der Waals surface area contributed by atoms with Crippen molar-refractivity contribution in [3.05, 3.63) is 39.9 Å². The van der Waals surface area contributed by atoms with Crippen LogP contribution in [0.1, 0.15) is 12.8 Å². The van der Waals surface area contributed by atoms with E-state index in [0.717, 1.165) is 0 Å². The number of hydrogen-bond acceptors (Lipinski definition) is 9. The molecule has 0 aromatic carbocycles. The second kappa shape index (κ2) is 8.12. The van der Waals surface area contributed by atoms with Gasteiger partial charge in [-0.15, -0.1) is 0 Å². The zero-order valence-corrected chi connectivity index (χ0v) is 15.2. The first-order valence-corrected chi connectivity index (χ1v) is 8.58. The number of anilines is 3. The minimum Gasteiger partial charge on any atom is -0.469 e. The molecule has 1 N–H and O–H groups in total. The lowest BCUT2D eigenvalue weighted by molar-refractivity contribution is -0.383. The van der Waals surface area contributed by atoms with Gasteiger partial charge in [-0.1, -0.05) is 11.6 Å². The molecule has 1 fully saturated rings. The lowest BCUT2D eigenvalue weighted by Crippen LogP contribution is -2.37. The van der Waals surface area contributed by atoms with Crippen LogP contribution in [0.4, 0.5) is 23.0 Å². The number of pyridine rings is 1. The maximum Gasteiger partial charge on any atom is 0.353 e. The van der Waals surface area contributed by atoms with Crippen LogP contribution >= 0.6 is 11.6 Å². The highest BCUT2D eigenvalue weighted by Crippen LogP contribution is 2.36. The predicted octanol–water partition coefficient (Wildman–Crippen LogP) is 2.57. The van der Waals surface area contributed by atoms with Crippen LogP contribution < -0.4 is 10.2 Å². The Labute approximate surface area is 159 Å². The van der Waals surface area contributed by atoms with Crippen LogP contribution in [0.3, 0.4) is 0 Å². The highest BCUT2D eigenvalue weighted by Gasteiger charge is 2.32. The third-order valence-electron chi connectivity index (χ3n) is 4.33. The normalized spacial score (nSPS) is 14.7. The predicted molar refractivity (Wildman–Crippen MR) is 98.2 cm³/mol. The monoisotopic (exact) mass is 392 g/mol. The zero-order chi connectivity index (χ0) is 19.4. The largest absolute Gasteiger partial charge is 0.469 e. The van der Waals surface area contributed by atoms with Gasteiger partial charge in [0, 0.05) is 19.3 Å². The number of carbonyl (C=O) groups is 1. The van der Waals surface area contributed by atoms with E-state index in [1.807, 2.05) is 0 Å². The SMILES string of the molecule is COC(=O)C1CCN(c2ncnc(Nc3cccnc3Cl)c2[N+](=O)[O-])CC1. The number of aromatic nitrogens is 3. The molecule has 3 rings (SSSR count). The molecule has 3 heterocycles. The Morgan fingerprint density at radius 2 is 2.11 bits per heavy atom. The molecule has 1 aliphatic heterocycles. The molecule has 0 saturated carbocycles. The highest BCUT2D eigenvalue weighted by molar-refractivity contribution is 6.32. The summed E-state index contributed by atoms with van der Waals surface area (Å²) < 4.78 is 4.77. The van der Waals surface area contributed by atoms with Gasteiger partial charge in [-0.3, -0.25) is 14.9 Å². The molecule has 11 heteroatoms. The van der Waals surface area contributed by atoms with Gasteiger partial charge in [-0.2, -0.15) is 0 Å². The van der Waals surface area contributed by atoms with Crippen molar-refractivity contribution in [3.8, 4) is 0 Å². The zero-order valence-electron chi connectivity index (χ0n) is 14.5. The average molecular weight is 393 g/mol. The summed E-state index contributed by atoms with van der Waals surface area (Å²) in [5.41, 5.74) is 0.144. The molecular weight excluding hydrogens is 376 g/mol. The molecule has 0 aliphatic carbocycles. The fourth-order valence-corrected chi connectivity index (χ4v) is 3.13. The van der Waals surface area contributed by atoms with Gasteiger partial charge >= 0.3 is 11.7 Å². The minimum atomic E-state index is -0.533.